The van der Waals surface area contributed by atoms with Crippen LogP contribution in [0.25, 0.3) is 0 Å². The molecule has 0 saturated carbocycles. The van der Waals surface area contributed by atoms with Crippen molar-refractivity contribution in [2.45, 2.75) is 25.7 Å². The van der Waals surface area contributed by atoms with Crippen molar-refractivity contribution >= 4 is 27.1 Å². The van der Waals surface area contributed by atoms with Gasteiger partial charge in [-0.25, -0.2) is 18.7 Å². The molecule has 0 aromatic rings. The van der Waals surface area contributed by atoms with Crippen molar-refractivity contribution in [3.05, 3.63) is 0 Å². The van der Waals surface area contributed by atoms with Gasteiger partial charge in [0.05, 0.1) is 12.3 Å². The van der Waals surface area contributed by atoms with Crippen LogP contribution in [0.1, 0.15) is 25.7 Å². The second-order valence-electron chi connectivity index (χ2n) is 4.47. The van der Waals surface area contributed by atoms with Crippen LogP contribution in [-0.4, -0.2) is 47.1 Å². The molecule has 0 aliphatic heterocycles. The molecule has 0 saturated heterocycles. The molecule has 0 rings (SSSR count). The third-order valence-corrected chi connectivity index (χ3v) is 5.07. The Hall–Kier alpha value is -0.760. The van der Waals surface area contributed by atoms with E-state index >= 15 is 0 Å². The van der Waals surface area contributed by atoms with E-state index < -0.39 is 27.1 Å². The Bertz CT molecular complexity index is 428. The van der Waals surface area contributed by atoms with Gasteiger partial charge in [0, 0.05) is 0 Å². The fourth-order valence-corrected chi connectivity index (χ4v) is 3.43. The number of rotatable bonds is 10. The molecule has 0 aromatic heterocycles. The van der Waals surface area contributed by atoms with Gasteiger partial charge in [-0.05, 0) is 38.8 Å². The van der Waals surface area contributed by atoms with Crippen molar-refractivity contribution in [3.8, 4) is 0 Å². The summed E-state index contributed by atoms with van der Waals surface area (Å²) in [5.74, 6) is -3.57. The molecular formula is C10H22N2O8P2. The van der Waals surface area contributed by atoms with Crippen molar-refractivity contribution in [1.29, 1.82) is 0 Å². The Balaban J connectivity index is 4.39. The summed E-state index contributed by atoms with van der Waals surface area (Å²) in [5, 5.41) is 0. The molecule has 22 heavy (non-hydrogen) atoms. The maximum atomic E-state index is 11.5. The molecule has 10 nitrogen and oxygen atoms in total. The van der Waals surface area contributed by atoms with Gasteiger partial charge in [0.1, 0.15) is 0 Å². The van der Waals surface area contributed by atoms with Crippen molar-refractivity contribution < 1.29 is 37.6 Å². The van der Waals surface area contributed by atoms with Gasteiger partial charge >= 0.3 is 27.1 Å². The third-order valence-electron chi connectivity index (χ3n) is 2.41. The topological polar surface area (TPSA) is 179 Å². The van der Waals surface area contributed by atoms with Crippen LogP contribution < -0.4 is 11.5 Å². The number of hydrogen-bond donors (Lipinski definition) is 4. The maximum Gasteiger partial charge on any atom is 0.424 e. The van der Waals surface area contributed by atoms with Gasteiger partial charge in [-0.15, -0.1) is 0 Å². The largest absolute Gasteiger partial charge is 0.424 e. The second-order valence-corrected chi connectivity index (χ2v) is 8.28. The van der Waals surface area contributed by atoms with E-state index in [9.17, 15) is 28.5 Å². The molecule has 0 aliphatic rings. The zero-order valence-corrected chi connectivity index (χ0v) is 13.8. The van der Waals surface area contributed by atoms with Crippen molar-refractivity contribution in [2.75, 3.05) is 25.4 Å². The van der Waals surface area contributed by atoms with E-state index in [0.29, 0.717) is 25.9 Å². The van der Waals surface area contributed by atoms with Crippen LogP contribution in [0, 0.1) is 0 Å². The van der Waals surface area contributed by atoms with Crippen LogP contribution in [-0.2, 0) is 27.8 Å². The van der Waals surface area contributed by atoms with Crippen LogP contribution in [0.4, 0.5) is 0 Å². The molecule has 0 amide bonds. The third kappa shape index (κ3) is 10.0. The molecule has 0 spiro atoms. The molecule has 0 radical (unpaired) electrons. The fourth-order valence-electron chi connectivity index (χ4n) is 1.34. The van der Waals surface area contributed by atoms with E-state index in [-0.39, 0.29) is 25.2 Å². The van der Waals surface area contributed by atoms with Crippen LogP contribution in [0.15, 0.2) is 0 Å². The van der Waals surface area contributed by atoms with Crippen LogP contribution >= 0.6 is 15.2 Å². The van der Waals surface area contributed by atoms with Gasteiger partial charge in [-0.3, -0.25) is 0 Å². The Morgan fingerprint density at radius 1 is 0.773 bits per heavy atom. The monoisotopic (exact) mass is 360 g/mol. The van der Waals surface area contributed by atoms with E-state index in [0.717, 1.165) is 0 Å². The van der Waals surface area contributed by atoms with Gasteiger partial charge in [-0.2, -0.15) is 0 Å². The van der Waals surface area contributed by atoms with Crippen LogP contribution in [0.5, 0.6) is 0 Å². The Labute approximate surface area is 128 Å². The van der Waals surface area contributed by atoms with Gasteiger partial charge in [0.2, 0.25) is 0 Å². The summed E-state index contributed by atoms with van der Waals surface area (Å²) in [6.45, 7) is 0.596. The number of unbranched alkanes of at least 4 members (excludes halogenated alkanes) is 2. The number of carbonyl (C=O) groups is 2. The number of hydrogen-bond acceptors (Lipinski definition) is 8. The standard InChI is InChI=1S/C10H22N2O8P2/c11-5-1-3-7-21(15,16)19-9(13)10(14)20-22(17,18)8-4-2-6-12/h1-8,11-12H2,(H,15,16)(H,17,18). The SMILES string of the molecule is NCCCCP(=O)(O)OC(=O)C(=O)OP(=O)(O)CCCCN. The van der Waals surface area contributed by atoms with Crippen molar-refractivity contribution in [1.82, 2.24) is 0 Å². The zero-order valence-electron chi connectivity index (χ0n) is 12.0. The second kappa shape index (κ2) is 10.1. The number of carbonyl (C=O) groups excluding carboxylic acids is 2. The Morgan fingerprint density at radius 2 is 1.09 bits per heavy atom. The first-order valence-electron chi connectivity index (χ1n) is 6.65. The van der Waals surface area contributed by atoms with Gasteiger partial charge < -0.3 is 30.3 Å². The highest BCUT2D eigenvalue weighted by Crippen LogP contribution is 2.45. The lowest BCUT2D eigenvalue weighted by Crippen LogP contribution is -2.19. The fraction of sp³-hybridized carbons (Fsp3) is 0.800. The molecule has 0 bridgehead atoms. The van der Waals surface area contributed by atoms with E-state index in [1.54, 1.807) is 0 Å². The highest BCUT2D eigenvalue weighted by Gasteiger charge is 2.33. The molecule has 2 unspecified atom stereocenters. The van der Waals surface area contributed by atoms with E-state index in [2.05, 4.69) is 9.05 Å². The van der Waals surface area contributed by atoms with Gasteiger partial charge in [0.25, 0.3) is 0 Å². The van der Waals surface area contributed by atoms with Crippen molar-refractivity contribution in [2.24, 2.45) is 11.5 Å². The van der Waals surface area contributed by atoms with Gasteiger partial charge in [0.15, 0.2) is 0 Å². The summed E-state index contributed by atoms with van der Waals surface area (Å²) in [6, 6.07) is 0. The maximum absolute atomic E-state index is 11.5. The van der Waals surface area contributed by atoms with E-state index in [1.165, 1.54) is 0 Å². The Morgan fingerprint density at radius 3 is 1.36 bits per heavy atom. The average Bonchev–Trinajstić information content (AvgIpc) is 2.37. The van der Waals surface area contributed by atoms with E-state index in [1.807, 2.05) is 0 Å². The molecule has 12 heteroatoms. The predicted octanol–water partition coefficient (Wildman–Crippen LogP) is -0.0786. The molecule has 0 heterocycles. The first-order chi connectivity index (χ1) is 10.1. The lowest BCUT2D eigenvalue weighted by molar-refractivity contribution is -0.156. The van der Waals surface area contributed by atoms with Crippen LogP contribution in [0.2, 0.25) is 0 Å². The molecule has 0 fully saturated rings. The molecule has 0 aliphatic carbocycles. The molecule has 130 valence electrons. The summed E-state index contributed by atoms with van der Waals surface area (Å²) >= 11 is 0. The van der Waals surface area contributed by atoms with Crippen molar-refractivity contribution in [3.63, 3.8) is 0 Å². The lowest BCUT2D eigenvalue weighted by atomic mass is 10.3. The first-order valence-corrected chi connectivity index (χ1v) is 10.2. The number of nitrogens with two attached hydrogens (primary N) is 2. The molecule has 0 aromatic carbocycles. The predicted molar refractivity (Wildman–Crippen MR) is 78.1 cm³/mol. The minimum absolute atomic E-state index is 0.226. The molecular weight excluding hydrogens is 338 g/mol. The van der Waals surface area contributed by atoms with Gasteiger partial charge in [-0.1, -0.05) is 0 Å². The summed E-state index contributed by atoms with van der Waals surface area (Å²) < 4.78 is 31.2. The van der Waals surface area contributed by atoms with E-state index in [4.69, 9.17) is 11.5 Å². The Kier molecular flexibility index (Phi) is 9.75. The molecule has 2 atom stereocenters. The minimum Gasteiger partial charge on any atom is -0.383 e. The highest BCUT2D eigenvalue weighted by molar-refractivity contribution is 7.54. The minimum atomic E-state index is -4.32. The van der Waals surface area contributed by atoms with Crippen LogP contribution in [0.3, 0.4) is 0 Å². The summed E-state index contributed by atoms with van der Waals surface area (Å²) in [6.07, 6.45) is 0.612. The first kappa shape index (κ1) is 21.2. The zero-order chi connectivity index (χ0) is 17.2. The molecule has 6 N–H and O–H groups in total. The smallest absolute Gasteiger partial charge is 0.383 e. The summed E-state index contributed by atoms with van der Waals surface area (Å²) in [7, 11) is -8.64. The highest BCUT2D eigenvalue weighted by atomic mass is 31.2. The average molecular weight is 360 g/mol. The normalized spacial score (nSPS) is 16.4. The summed E-state index contributed by atoms with van der Waals surface area (Å²) in [5.41, 5.74) is 10.4. The lowest BCUT2D eigenvalue weighted by Gasteiger charge is -2.13. The summed E-state index contributed by atoms with van der Waals surface area (Å²) in [4.78, 5) is 41.3. The quantitative estimate of drug-likeness (QED) is 0.234.